The van der Waals surface area contributed by atoms with E-state index in [0.29, 0.717) is 5.41 Å². The first-order chi connectivity index (χ1) is 7.64. The molecule has 1 unspecified atom stereocenters. The van der Waals surface area contributed by atoms with Crippen LogP contribution in [0.3, 0.4) is 0 Å². The first-order valence-electron chi connectivity index (χ1n) is 7.32. The van der Waals surface area contributed by atoms with E-state index in [1.165, 1.54) is 51.4 Å². The lowest BCUT2D eigenvalue weighted by Gasteiger charge is -2.37. The zero-order valence-electron chi connectivity index (χ0n) is 11.8. The fourth-order valence-electron chi connectivity index (χ4n) is 3.51. The van der Waals surface area contributed by atoms with Crippen molar-refractivity contribution in [3.8, 4) is 0 Å². The van der Waals surface area contributed by atoms with Gasteiger partial charge in [-0.05, 0) is 44.1 Å². The molecule has 0 aliphatic heterocycles. The van der Waals surface area contributed by atoms with Gasteiger partial charge in [-0.25, -0.2) is 0 Å². The third-order valence-corrected chi connectivity index (χ3v) is 4.67. The van der Waals surface area contributed by atoms with Crippen molar-refractivity contribution in [2.45, 2.75) is 78.2 Å². The number of rotatable bonds is 7. The second-order valence-electron chi connectivity index (χ2n) is 6.09. The molecule has 0 saturated heterocycles. The Bertz CT molecular complexity index is 180. The molecule has 0 aromatic heterocycles. The van der Waals surface area contributed by atoms with Crippen LogP contribution in [0.2, 0.25) is 0 Å². The quantitative estimate of drug-likeness (QED) is 0.678. The van der Waals surface area contributed by atoms with Gasteiger partial charge in [0.25, 0.3) is 0 Å². The van der Waals surface area contributed by atoms with Gasteiger partial charge in [-0.2, -0.15) is 0 Å². The highest BCUT2D eigenvalue weighted by molar-refractivity contribution is 4.93. The SMILES string of the molecule is CCC1(C(CCCC(C)C)NC)CCCC1. The Kier molecular flexibility index (Phi) is 5.82. The lowest BCUT2D eigenvalue weighted by Crippen LogP contribution is -2.41. The van der Waals surface area contributed by atoms with Crippen molar-refractivity contribution in [1.82, 2.24) is 5.32 Å². The average Bonchev–Trinajstić information content (AvgIpc) is 2.73. The molecule has 16 heavy (non-hydrogen) atoms. The maximum atomic E-state index is 3.61. The van der Waals surface area contributed by atoms with Crippen LogP contribution in [0.4, 0.5) is 0 Å². The summed E-state index contributed by atoms with van der Waals surface area (Å²) >= 11 is 0. The number of nitrogens with one attached hydrogen (secondary N) is 1. The third kappa shape index (κ3) is 3.48. The van der Waals surface area contributed by atoms with Crippen LogP contribution in [0.5, 0.6) is 0 Å². The van der Waals surface area contributed by atoms with Crippen molar-refractivity contribution in [3.63, 3.8) is 0 Å². The summed E-state index contributed by atoms with van der Waals surface area (Å²) < 4.78 is 0. The first kappa shape index (κ1) is 14.0. The molecule has 1 rings (SSSR count). The largest absolute Gasteiger partial charge is 0.316 e. The van der Waals surface area contributed by atoms with Gasteiger partial charge in [0.05, 0.1) is 0 Å². The Balaban J connectivity index is 2.44. The lowest BCUT2D eigenvalue weighted by molar-refractivity contribution is 0.180. The van der Waals surface area contributed by atoms with Crippen LogP contribution in [0, 0.1) is 11.3 Å². The Morgan fingerprint density at radius 2 is 1.75 bits per heavy atom. The maximum absolute atomic E-state index is 3.61. The van der Waals surface area contributed by atoms with Crippen LogP contribution in [0.25, 0.3) is 0 Å². The van der Waals surface area contributed by atoms with Gasteiger partial charge in [0, 0.05) is 6.04 Å². The highest BCUT2D eigenvalue weighted by Gasteiger charge is 2.38. The zero-order valence-corrected chi connectivity index (χ0v) is 11.8. The molecule has 0 aromatic rings. The average molecular weight is 225 g/mol. The minimum Gasteiger partial charge on any atom is -0.316 e. The van der Waals surface area contributed by atoms with Crippen molar-refractivity contribution in [3.05, 3.63) is 0 Å². The second kappa shape index (κ2) is 6.64. The summed E-state index contributed by atoms with van der Waals surface area (Å²) in [7, 11) is 2.16. The summed E-state index contributed by atoms with van der Waals surface area (Å²) in [6.45, 7) is 7.05. The molecular formula is C15H31N. The first-order valence-corrected chi connectivity index (χ1v) is 7.32. The van der Waals surface area contributed by atoms with Crippen molar-refractivity contribution in [2.24, 2.45) is 11.3 Å². The van der Waals surface area contributed by atoms with Gasteiger partial charge in [0.2, 0.25) is 0 Å². The molecule has 1 atom stereocenters. The Morgan fingerprint density at radius 1 is 1.12 bits per heavy atom. The van der Waals surface area contributed by atoms with Crippen LogP contribution in [0.15, 0.2) is 0 Å². The second-order valence-corrected chi connectivity index (χ2v) is 6.09. The van der Waals surface area contributed by atoms with Gasteiger partial charge < -0.3 is 5.32 Å². The van der Waals surface area contributed by atoms with Gasteiger partial charge in [-0.3, -0.25) is 0 Å². The van der Waals surface area contributed by atoms with E-state index in [1.54, 1.807) is 0 Å². The molecule has 0 aromatic carbocycles. The topological polar surface area (TPSA) is 12.0 Å². The van der Waals surface area contributed by atoms with Crippen LogP contribution in [0.1, 0.15) is 72.1 Å². The highest BCUT2D eigenvalue weighted by Crippen LogP contribution is 2.45. The van der Waals surface area contributed by atoms with E-state index >= 15 is 0 Å². The lowest BCUT2D eigenvalue weighted by atomic mass is 9.74. The Hall–Kier alpha value is -0.0400. The standard InChI is InChI=1S/C15H31N/c1-5-15(11-6-7-12-15)14(16-4)10-8-9-13(2)3/h13-14,16H,5-12H2,1-4H3. The van der Waals surface area contributed by atoms with Gasteiger partial charge in [-0.1, -0.05) is 46.5 Å². The summed E-state index contributed by atoms with van der Waals surface area (Å²) in [5.74, 6) is 0.860. The fraction of sp³-hybridized carbons (Fsp3) is 1.00. The van der Waals surface area contributed by atoms with E-state index in [4.69, 9.17) is 0 Å². The molecule has 1 N–H and O–H groups in total. The van der Waals surface area contributed by atoms with Crippen LogP contribution < -0.4 is 5.32 Å². The smallest absolute Gasteiger partial charge is 0.0120 e. The maximum Gasteiger partial charge on any atom is 0.0120 e. The summed E-state index contributed by atoms with van der Waals surface area (Å²) in [6.07, 6.45) is 11.3. The summed E-state index contributed by atoms with van der Waals surface area (Å²) in [5.41, 5.74) is 0.631. The van der Waals surface area contributed by atoms with E-state index in [2.05, 4.69) is 33.1 Å². The molecule has 1 nitrogen and oxygen atoms in total. The van der Waals surface area contributed by atoms with E-state index in [0.717, 1.165) is 12.0 Å². The molecule has 1 saturated carbocycles. The van der Waals surface area contributed by atoms with E-state index in [9.17, 15) is 0 Å². The molecule has 1 aliphatic carbocycles. The Morgan fingerprint density at radius 3 is 2.19 bits per heavy atom. The third-order valence-electron chi connectivity index (χ3n) is 4.67. The molecule has 1 aliphatic rings. The minimum atomic E-state index is 0.631. The van der Waals surface area contributed by atoms with Crippen molar-refractivity contribution in [1.29, 1.82) is 0 Å². The predicted octanol–water partition coefficient (Wildman–Crippen LogP) is 4.37. The molecular weight excluding hydrogens is 194 g/mol. The van der Waals surface area contributed by atoms with Crippen molar-refractivity contribution in [2.75, 3.05) is 7.05 Å². The van der Waals surface area contributed by atoms with Gasteiger partial charge in [0.15, 0.2) is 0 Å². The van der Waals surface area contributed by atoms with Gasteiger partial charge in [-0.15, -0.1) is 0 Å². The summed E-state index contributed by atoms with van der Waals surface area (Å²) in [6, 6.07) is 0.763. The molecule has 96 valence electrons. The normalized spacial score (nSPS) is 21.6. The molecule has 0 bridgehead atoms. The monoisotopic (exact) mass is 225 g/mol. The molecule has 0 heterocycles. The summed E-state index contributed by atoms with van der Waals surface area (Å²) in [5, 5.41) is 3.61. The fourth-order valence-corrected chi connectivity index (χ4v) is 3.51. The van der Waals surface area contributed by atoms with Crippen LogP contribution >= 0.6 is 0 Å². The molecule has 1 fully saturated rings. The number of hydrogen-bond acceptors (Lipinski definition) is 1. The highest BCUT2D eigenvalue weighted by atomic mass is 14.9. The van der Waals surface area contributed by atoms with Crippen LogP contribution in [-0.2, 0) is 0 Å². The van der Waals surface area contributed by atoms with Gasteiger partial charge in [0.1, 0.15) is 0 Å². The Labute approximate surface area is 102 Å². The molecule has 0 amide bonds. The van der Waals surface area contributed by atoms with Crippen LogP contribution in [-0.4, -0.2) is 13.1 Å². The van der Waals surface area contributed by atoms with Crippen molar-refractivity contribution >= 4 is 0 Å². The van der Waals surface area contributed by atoms with Gasteiger partial charge >= 0.3 is 0 Å². The minimum absolute atomic E-state index is 0.631. The molecule has 1 heteroatoms. The molecule has 0 radical (unpaired) electrons. The van der Waals surface area contributed by atoms with E-state index < -0.39 is 0 Å². The van der Waals surface area contributed by atoms with Crippen molar-refractivity contribution < 1.29 is 0 Å². The summed E-state index contributed by atoms with van der Waals surface area (Å²) in [4.78, 5) is 0. The zero-order chi connectivity index (χ0) is 12.0. The number of hydrogen-bond donors (Lipinski definition) is 1. The van der Waals surface area contributed by atoms with E-state index in [-0.39, 0.29) is 0 Å². The van der Waals surface area contributed by atoms with E-state index in [1.807, 2.05) is 0 Å². The predicted molar refractivity (Wildman–Crippen MR) is 72.7 cm³/mol. The molecule has 0 spiro atoms.